The van der Waals surface area contributed by atoms with Crippen LogP contribution in [0.5, 0.6) is 11.5 Å². The summed E-state index contributed by atoms with van der Waals surface area (Å²) in [6, 6.07) is 20.9. The lowest BCUT2D eigenvalue weighted by Gasteiger charge is -2.16. The summed E-state index contributed by atoms with van der Waals surface area (Å²) in [5, 5.41) is 2.92. The SMILES string of the molecule is COc1ccc(C(=O)Nc2ccccc2Br)cc1COc1ccccc1C(C)C. The number of hydrogen-bond acceptors (Lipinski definition) is 3. The van der Waals surface area contributed by atoms with Crippen LogP contribution in [0.2, 0.25) is 0 Å². The van der Waals surface area contributed by atoms with E-state index >= 15 is 0 Å². The van der Waals surface area contributed by atoms with Crippen LogP contribution in [0.1, 0.15) is 41.3 Å². The molecule has 0 saturated carbocycles. The highest BCUT2D eigenvalue weighted by Gasteiger charge is 2.13. The summed E-state index contributed by atoms with van der Waals surface area (Å²) in [4.78, 5) is 12.7. The molecule has 0 spiro atoms. The van der Waals surface area contributed by atoms with Gasteiger partial charge in [-0.25, -0.2) is 0 Å². The van der Waals surface area contributed by atoms with E-state index in [1.165, 1.54) is 0 Å². The van der Waals surface area contributed by atoms with E-state index in [0.717, 1.165) is 27.0 Å². The first-order valence-electron chi connectivity index (χ1n) is 9.44. The van der Waals surface area contributed by atoms with Gasteiger partial charge in [0.2, 0.25) is 0 Å². The number of nitrogens with one attached hydrogen (secondary N) is 1. The molecule has 0 aliphatic heterocycles. The molecule has 0 aromatic heterocycles. The zero-order valence-corrected chi connectivity index (χ0v) is 18.3. The second kappa shape index (κ2) is 9.61. The quantitative estimate of drug-likeness (QED) is 0.449. The Morgan fingerprint density at radius 1 is 1.00 bits per heavy atom. The minimum absolute atomic E-state index is 0.191. The third-order valence-electron chi connectivity index (χ3n) is 4.59. The van der Waals surface area contributed by atoms with Gasteiger partial charge < -0.3 is 14.8 Å². The zero-order valence-electron chi connectivity index (χ0n) is 16.7. The highest BCUT2D eigenvalue weighted by atomic mass is 79.9. The average Bonchev–Trinajstić information content (AvgIpc) is 2.73. The lowest BCUT2D eigenvalue weighted by molar-refractivity contribution is 0.102. The van der Waals surface area contributed by atoms with E-state index < -0.39 is 0 Å². The number of carbonyl (C=O) groups excluding carboxylic acids is 1. The van der Waals surface area contributed by atoms with Crippen LogP contribution in [0.4, 0.5) is 5.69 Å². The maximum Gasteiger partial charge on any atom is 0.255 e. The van der Waals surface area contributed by atoms with Crippen molar-refractivity contribution in [2.24, 2.45) is 0 Å². The molecule has 3 rings (SSSR count). The van der Waals surface area contributed by atoms with Crippen molar-refractivity contribution in [3.8, 4) is 11.5 Å². The fourth-order valence-corrected chi connectivity index (χ4v) is 3.42. The molecule has 3 aromatic rings. The normalized spacial score (nSPS) is 10.7. The molecule has 1 N–H and O–H groups in total. The van der Waals surface area contributed by atoms with Crippen LogP contribution in [-0.4, -0.2) is 13.0 Å². The van der Waals surface area contributed by atoms with Gasteiger partial charge in [-0.15, -0.1) is 0 Å². The summed E-state index contributed by atoms with van der Waals surface area (Å²) in [5.74, 6) is 1.69. The average molecular weight is 454 g/mol. The predicted octanol–water partition coefficient (Wildman–Crippen LogP) is 6.41. The molecule has 0 bridgehead atoms. The largest absolute Gasteiger partial charge is 0.496 e. The van der Waals surface area contributed by atoms with Gasteiger partial charge in [0.15, 0.2) is 0 Å². The summed E-state index contributed by atoms with van der Waals surface area (Å²) < 4.78 is 12.4. The number of amides is 1. The van der Waals surface area contributed by atoms with Crippen molar-refractivity contribution in [2.75, 3.05) is 12.4 Å². The Balaban J connectivity index is 1.80. The Kier molecular flexibility index (Phi) is 6.94. The fourth-order valence-electron chi connectivity index (χ4n) is 3.03. The van der Waals surface area contributed by atoms with E-state index in [-0.39, 0.29) is 5.91 Å². The fraction of sp³-hybridized carbons (Fsp3) is 0.208. The van der Waals surface area contributed by atoms with Crippen LogP contribution in [0.15, 0.2) is 71.2 Å². The van der Waals surface area contributed by atoms with E-state index in [4.69, 9.17) is 9.47 Å². The summed E-state index contributed by atoms with van der Waals surface area (Å²) in [5.41, 5.74) is 3.22. The molecule has 1 amide bonds. The van der Waals surface area contributed by atoms with E-state index in [0.29, 0.717) is 23.8 Å². The summed E-state index contributed by atoms with van der Waals surface area (Å²) in [7, 11) is 1.61. The van der Waals surface area contributed by atoms with Gasteiger partial charge in [-0.3, -0.25) is 4.79 Å². The number of carbonyl (C=O) groups is 1. The Labute approximate surface area is 180 Å². The molecule has 5 heteroatoms. The number of ether oxygens (including phenoxy) is 2. The van der Waals surface area contributed by atoms with Crippen LogP contribution >= 0.6 is 15.9 Å². The Hall–Kier alpha value is -2.79. The first kappa shape index (κ1) is 20.9. The van der Waals surface area contributed by atoms with Crippen molar-refractivity contribution in [2.45, 2.75) is 26.4 Å². The van der Waals surface area contributed by atoms with Crippen molar-refractivity contribution < 1.29 is 14.3 Å². The standard InChI is InChI=1S/C24H24BrNO3/c1-16(2)19-8-4-7-11-23(19)29-15-18-14-17(12-13-22(18)28-3)24(27)26-21-10-6-5-9-20(21)25/h4-14,16H,15H2,1-3H3,(H,26,27). The Morgan fingerprint density at radius 3 is 2.45 bits per heavy atom. The predicted molar refractivity (Wildman–Crippen MR) is 120 cm³/mol. The van der Waals surface area contributed by atoms with Crippen molar-refractivity contribution in [1.82, 2.24) is 0 Å². The number of benzene rings is 3. The van der Waals surface area contributed by atoms with Gasteiger partial charge in [-0.2, -0.15) is 0 Å². The van der Waals surface area contributed by atoms with Crippen molar-refractivity contribution >= 4 is 27.5 Å². The molecule has 0 radical (unpaired) electrons. The molecule has 0 saturated heterocycles. The van der Waals surface area contributed by atoms with Crippen LogP contribution in [-0.2, 0) is 6.61 Å². The molecule has 0 unspecified atom stereocenters. The Morgan fingerprint density at radius 2 is 1.72 bits per heavy atom. The van der Waals surface area contributed by atoms with Gasteiger partial charge in [-0.1, -0.05) is 44.2 Å². The molecular formula is C24H24BrNO3. The summed E-state index contributed by atoms with van der Waals surface area (Å²) in [6.07, 6.45) is 0. The second-order valence-electron chi connectivity index (χ2n) is 6.94. The molecule has 0 fully saturated rings. The van der Waals surface area contributed by atoms with Gasteiger partial charge in [0.25, 0.3) is 5.91 Å². The number of para-hydroxylation sites is 2. The minimum Gasteiger partial charge on any atom is -0.496 e. The van der Waals surface area contributed by atoms with Gasteiger partial charge in [-0.05, 0) is 63.8 Å². The first-order valence-corrected chi connectivity index (χ1v) is 10.2. The van der Waals surface area contributed by atoms with Gasteiger partial charge >= 0.3 is 0 Å². The molecule has 0 atom stereocenters. The molecule has 0 aliphatic rings. The lowest BCUT2D eigenvalue weighted by atomic mass is 10.0. The number of methoxy groups -OCH3 is 1. The Bertz CT molecular complexity index is 1000. The third-order valence-corrected chi connectivity index (χ3v) is 5.28. The van der Waals surface area contributed by atoms with E-state index in [2.05, 4.69) is 41.2 Å². The van der Waals surface area contributed by atoms with Gasteiger partial charge in [0.1, 0.15) is 18.1 Å². The number of halogens is 1. The van der Waals surface area contributed by atoms with Crippen LogP contribution in [0.25, 0.3) is 0 Å². The number of hydrogen-bond donors (Lipinski definition) is 1. The van der Waals surface area contributed by atoms with Gasteiger partial charge in [0, 0.05) is 15.6 Å². The number of anilines is 1. The highest BCUT2D eigenvalue weighted by Crippen LogP contribution is 2.29. The molecule has 3 aromatic carbocycles. The first-order chi connectivity index (χ1) is 14.0. The minimum atomic E-state index is -0.191. The topological polar surface area (TPSA) is 47.6 Å². The molecular weight excluding hydrogens is 430 g/mol. The van der Waals surface area contributed by atoms with Crippen LogP contribution in [0.3, 0.4) is 0 Å². The number of rotatable bonds is 7. The van der Waals surface area contributed by atoms with Crippen molar-refractivity contribution in [1.29, 1.82) is 0 Å². The van der Waals surface area contributed by atoms with Gasteiger partial charge in [0.05, 0.1) is 12.8 Å². The molecule has 4 nitrogen and oxygen atoms in total. The molecule has 150 valence electrons. The summed E-state index contributed by atoms with van der Waals surface area (Å²) >= 11 is 3.45. The van der Waals surface area contributed by atoms with E-state index in [9.17, 15) is 4.79 Å². The monoisotopic (exact) mass is 453 g/mol. The maximum absolute atomic E-state index is 12.7. The summed E-state index contributed by atoms with van der Waals surface area (Å²) in [6.45, 7) is 4.58. The molecule has 0 heterocycles. The smallest absolute Gasteiger partial charge is 0.255 e. The maximum atomic E-state index is 12.7. The van der Waals surface area contributed by atoms with E-state index in [1.54, 1.807) is 19.2 Å². The second-order valence-corrected chi connectivity index (χ2v) is 7.80. The van der Waals surface area contributed by atoms with Crippen LogP contribution in [0, 0.1) is 0 Å². The molecule has 29 heavy (non-hydrogen) atoms. The van der Waals surface area contributed by atoms with Crippen molar-refractivity contribution in [3.05, 3.63) is 87.9 Å². The van der Waals surface area contributed by atoms with Crippen LogP contribution < -0.4 is 14.8 Å². The molecule has 0 aliphatic carbocycles. The zero-order chi connectivity index (χ0) is 20.8. The van der Waals surface area contributed by atoms with E-state index in [1.807, 2.05) is 48.5 Å². The highest BCUT2D eigenvalue weighted by molar-refractivity contribution is 9.10. The third kappa shape index (κ3) is 5.18. The van der Waals surface area contributed by atoms with Crippen molar-refractivity contribution in [3.63, 3.8) is 0 Å². The lowest BCUT2D eigenvalue weighted by Crippen LogP contribution is -2.13.